The fraction of sp³-hybridized carbons (Fsp3) is 0.650. The van der Waals surface area contributed by atoms with Gasteiger partial charge in [-0.1, -0.05) is 50.1 Å². The number of aliphatic imine (C=N–C) groups is 1. The summed E-state index contributed by atoms with van der Waals surface area (Å²) in [5.41, 5.74) is 1.73. The van der Waals surface area contributed by atoms with Gasteiger partial charge in [-0.3, -0.25) is 4.99 Å². The van der Waals surface area contributed by atoms with Crippen molar-refractivity contribution in [3.8, 4) is 0 Å². The fourth-order valence-electron chi connectivity index (χ4n) is 3.60. The van der Waals surface area contributed by atoms with Gasteiger partial charge < -0.3 is 15.4 Å². The van der Waals surface area contributed by atoms with Gasteiger partial charge in [0.15, 0.2) is 5.96 Å². The number of benzene rings is 1. The van der Waals surface area contributed by atoms with E-state index in [1.165, 1.54) is 31.2 Å². The van der Waals surface area contributed by atoms with Crippen molar-refractivity contribution in [3.63, 3.8) is 0 Å². The molecule has 1 aromatic rings. The van der Waals surface area contributed by atoms with E-state index in [-0.39, 0.29) is 24.0 Å². The van der Waals surface area contributed by atoms with E-state index < -0.39 is 0 Å². The van der Waals surface area contributed by atoms with E-state index in [1.54, 1.807) is 7.11 Å². The van der Waals surface area contributed by atoms with Crippen LogP contribution in [0.4, 0.5) is 0 Å². The Balaban J connectivity index is 0.00000312. The first-order valence-electron chi connectivity index (χ1n) is 9.17. The molecule has 142 valence electrons. The molecule has 4 nitrogen and oxygen atoms in total. The molecule has 0 amide bonds. The molecule has 0 heterocycles. The molecule has 2 N–H and O–H groups in total. The molecule has 1 aliphatic carbocycles. The lowest BCUT2D eigenvalue weighted by atomic mass is 9.83. The quantitative estimate of drug-likeness (QED) is 0.349. The summed E-state index contributed by atoms with van der Waals surface area (Å²) < 4.78 is 5.32. The third-order valence-corrected chi connectivity index (χ3v) is 5.30. The van der Waals surface area contributed by atoms with Gasteiger partial charge in [-0.15, -0.1) is 24.0 Å². The van der Waals surface area contributed by atoms with Gasteiger partial charge in [0.05, 0.1) is 0 Å². The van der Waals surface area contributed by atoms with E-state index in [9.17, 15) is 0 Å². The smallest absolute Gasteiger partial charge is 0.191 e. The van der Waals surface area contributed by atoms with Crippen LogP contribution in [0.3, 0.4) is 0 Å². The van der Waals surface area contributed by atoms with Gasteiger partial charge in [-0.2, -0.15) is 0 Å². The highest BCUT2D eigenvalue weighted by atomic mass is 127. The lowest BCUT2D eigenvalue weighted by Crippen LogP contribution is -2.44. The van der Waals surface area contributed by atoms with Crippen molar-refractivity contribution in [2.45, 2.75) is 44.9 Å². The van der Waals surface area contributed by atoms with Crippen LogP contribution in [0, 0.1) is 5.41 Å². The van der Waals surface area contributed by atoms with Crippen LogP contribution in [-0.2, 0) is 4.74 Å². The number of methoxy groups -OCH3 is 1. The van der Waals surface area contributed by atoms with Crippen LogP contribution in [0.15, 0.2) is 35.3 Å². The van der Waals surface area contributed by atoms with Crippen LogP contribution in [0.25, 0.3) is 0 Å². The lowest BCUT2D eigenvalue weighted by Gasteiger charge is -2.30. The number of hydrogen-bond acceptors (Lipinski definition) is 2. The molecule has 1 atom stereocenters. The zero-order chi connectivity index (χ0) is 17.3. The van der Waals surface area contributed by atoms with Gasteiger partial charge in [0, 0.05) is 33.9 Å². The van der Waals surface area contributed by atoms with Gasteiger partial charge in [0.1, 0.15) is 0 Å². The maximum atomic E-state index is 5.32. The molecule has 0 aliphatic heterocycles. The van der Waals surface area contributed by atoms with Crippen molar-refractivity contribution in [1.82, 2.24) is 10.6 Å². The molecular weight excluding hydrogens is 425 g/mol. The molecule has 0 radical (unpaired) electrons. The molecule has 1 unspecified atom stereocenters. The number of nitrogens with one attached hydrogen (secondary N) is 2. The molecule has 2 rings (SSSR count). The first-order chi connectivity index (χ1) is 11.7. The zero-order valence-corrected chi connectivity index (χ0v) is 18.2. The van der Waals surface area contributed by atoms with Crippen LogP contribution < -0.4 is 10.6 Å². The topological polar surface area (TPSA) is 45.7 Å². The van der Waals surface area contributed by atoms with E-state index in [2.05, 4.69) is 52.9 Å². The minimum atomic E-state index is 0. The van der Waals surface area contributed by atoms with Crippen LogP contribution in [0.2, 0.25) is 0 Å². The highest BCUT2D eigenvalue weighted by molar-refractivity contribution is 14.0. The van der Waals surface area contributed by atoms with Crippen LogP contribution in [-0.4, -0.2) is 39.8 Å². The fourth-order valence-corrected chi connectivity index (χ4v) is 3.60. The summed E-state index contributed by atoms with van der Waals surface area (Å²) in [4.78, 5) is 4.39. The Morgan fingerprint density at radius 2 is 1.88 bits per heavy atom. The average molecular weight is 459 g/mol. The van der Waals surface area contributed by atoms with Crippen LogP contribution >= 0.6 is 24.0 Å². The summed E-state index contributed by atoms with van der Waals surface area (Å²) in [6.07, 6.45) is 6.39. The second-order valence-corrected chi connectivity index (χ2v) is 7.07. The highest BCUT2D eigenvalue weighted by Gasteiger charge is 2.33. The Hall–Kier alpha value is -0.820. The van der Waals surface area contributed by atoms with E-state index in [1.807, 2.05) is 7.05 Å². The average Bonchev–Trinajstić information content (AvgIpc) is 3.10. The van der Waals surface area contributed by atoms with Gasteiger partial charge >= 0.3 is 0 Å². The second kappa shape index (κ2) is 11.7. The van der Waals surface area contributed by atoms with Crippen LogP contribution in [0.1, 0.15) is 50.5 Å². The summed E-state index contributed by atoms with van der Waals surface area (Å²) in [6.45, 7) is 4.95. The molecule has 0 bridgehead atoms. The van der Waals surface area contributed by atoms with Crippen molar-refractivity contribution in [2.24, 2.45) is 10.4 Å². The minimum Gasteiger partial charge on any atom is -0.385 e. The van der Waals surface area contributed by atoms with E-state index in [4.69, 9.17) is 4.74 Å². The number of guanidine groups is 1. The van der Waals surface area contributed by atoms with Crippen molar-refractivity contribution in [2.75, 3.05) is 33.9 Å². The van der Waals surface area contributed by atoms with E-state index in [0.717, 1.165) is 32.1 Å². The third kappa shape index (κ3) is 7.13. The monoisotopic (exact) mass is 459 g/mol. The Kier molecular flexibility index (Phi) is 10.4. The maximum absolute atomic E-state index is 5.32. The number of hydrogen-bond donors (Lipinski definition) is 2. The molecule has 1 saturated carbocycles. The number of ether oxygens (including phenoxy) is 1. The zero-order valence-electron chi connectivity index (χ0n) is 15.9. The normalized spacial score (nSPS) is 17.6. The van der Waals surface area contributed by atoms with Gasteiger partial charge in [-0.25, -0.2) is 0 Å². The number of rotatable bonds is 8. The Labute approximate surface area is 170 Å². The van der Waals surface area contributed by atoms with Crippen LogP contribution in [0.5, 0.6) is 0 Å². The van der Waals surface area contributed by atoms with Crippen molar-refractivity contribution in [1.29, 1.82) is 0 Å². The van der Waals surface area contributed by atoms with Gasteiger partial charge in [-0.05, 0) is 36.2 Å². The number of nitrogens with zero attached hydrogens (tertiary/aromatic N) is 1. The molecule has 25 heavy (non-hydrogen) atoms. The maximum Gasteiger partial charge on any atom is 0.191 e. The number of halogens is 1. The van der Waals surface area contributed by atoms with E-state index in [0.29, 0.717) is 11.3 Å². The first-order valence-corrected chi connectivity index (χ1v) is 9.17. The molecule has 1 aliphatic rings. The molecule has 1 aromatic carbocycles. The van der Waals surface area contributed by atoms with E-state index >= 15 is 0 Å². The predicted molar refractivity (Wildman–Crippen MR) is 117 cm³/mol. The summed E-state index contributed by atoms with van der Waals surface area (Å²) in [5, 5.41) is 7.02. The Morgan fingerprint density at radius 3 is 2.48 bits per heavy atom. The van der Waals surface area contributed by atoms with Gasteiger partial charge in [0.2, 0.25) is 0 Å². The lowest BCUT2D eigenvalue weighted by molar-refractivity contribution is 0.138. The summed E-state index contributed by atoms with van der Waals surface area (Å²) >= 11 is 0. The summed E-state index contributed by atoms with van der Waals surface area (Å²) in [6, 6.07) is 10.6. The Bertz CT molecular complexity index is 501. The third-order valence-electron chi connectivity index (χ3n) is 5.30. The molecule has 0 spiro atoms. The molecule has 5 heteroatoms. The van der Waals surface area contributed by atoms with Crippen molar-refractivity contribution >= 4 is 29.9 Å². The largest absolute Gasteiger partial charge is 0.385 e. The van der Waals surface area contributed by atoms with Crippen molar-refractivity contribution < 1.29 is 4.74 Å². The highest BCUT2D eigenvalue weighted by Crippen LogP contribution is 2.40. The second-order valence-electron chi connectivity index (χ2n) is 7.07. The molecule has 0 aromatic heterocycles. The summed E-state index contributed by atoms with van der Waals surface area (Å²) in [5.74, 6) is 1.36. The minimum absolute atomic E-state index is 0. The first kappa shape index (κ1) is 22.2. The Morgan fingerprint density at radius 1 is 1.20 bits per heavy atom. The SMILES string of the molecule is CN=C(NCC(C)c1ccccc1)NCC1(CCOC)CCCC1.I. The van der Waals surface area contributed by atoms with Crippen molar-refractivity contribution in [3.05, 3.63) is 35.9 Å². The predicted octanol–water partition coefficient (Wildman–Crippen LogP) is 4.17. The molecular formula is C20H34IN3O. The molecule has 1 fully saturated rings. The summed E-state index contributed by atoms with van der Waals surface area (Å²) in [7, 11) is 3.64. The standard InChI is InChI=1S/C20H33N3O.HI/c1-17(18-9-5-4-6-10-18)15-22-19(21-2)23-16-20(13-14-24-3)11-7-8-12-20;/h4-6,9-10,17H,7-8,11-16H2,1-3H3,(H2,21,22,23);1H. The van der Waals surface area contributed by atoms with Gasteiger partial charge in [0.25, 0.3) is 0 Å². The molecule has 0 saturated heterocycles.